The Hall–Kier alpha value is -1.25. The molecule has 6 nitrogen and oxygen atoms in total. The van der Waals surface area contributed by atoms with Crippen LogP contribution in [-0.2, 0) is 14.3 Å². The highest BCUT2D eigenvalue weighted by molar-refractivity contribution is 8.00. The number of carbonyl (C=O) groups excluding carboxylic acids is 2. The van der Waals surface area contributed by atoms with Gasteiger partial charge in [-0.05, 0) is 17.9 Å². The molecule has 1 aliphatic rings. The lowest BCUT2D eigenvalue weighted by atomic mass is 10.4. The van der Waals surface area contributed by atoms with Crippen LogP contribution in [-0.4, -0.2) is 65.3 Å². The van der Waals surface area contributed by atoms with Crippen LogP contribution in [0.15, 0.2) is 23.4 Å². The van der Waals surface area contributed by atoms with Gasteiger partial charge < -0.3 is 15.0 Å². The van der Waals surface area contributed by atoms with Crippen molar-refractivity contribution in [3.8, 4) is 0 Å². The van der Waals surface area contributed by atoms with Crippen LogP contribution in [0.4, 0.5) is 5.69 Å². The summed E-state index contributed by atoms with van der Waals surface area (Å²) in [6.07, 6.45) is 1.65. The summed E-state index contributed by atoms with van der Waals surface area (Å²) in [7, 11) is 0. The summed E-state index contributed by atoms with van der Waals surface area (Å²) in [5.41, 5.74) is 0.676. The molecule has 1 aromatic heterocycles. The zero-order chi connectivity index (χ0) is 16.5. The van der Waals surface area contributed by atoms with E-state index in [9.17, 15) is 9.59 Å². The van der Waals surface area contributed by atoms with Crippen molar-refractivity contribution >= 4 is 41.0 Å². The number of morpholine rings is 1. The van der Waals surface area contributed by atoms with Gasteiger partial charge in [0.25, 0.3) is 0 Å². The first kappa shape index (κ1) is 18.1. The molecule has 126 valence electrons. The van der Waals surface area contributed by atoms with Crippen molar-refractivity contribution in [1.29, 1.82) is 0 Å². The molecule has 0 unspecified atom stereocenters. The number of pyridine rings is 1. The molecule has 2 rings (SSSR count). The highest BCUT2D eigenvalue weighted by Gasteiger charge is 2.16. The third kappa shape index (κ3) is 6.40. The van der Waals surface area contributed by atoms with Gasteiger partial charge in [-0.25, -0.2) is 4.98 Å². The molecule has 1 aromatic rings. The lowest BCUT2D eigenvalue weighted by Crippen LogP contribution is -2.41. The van der Waals surface area contributed by atoms with Gasteiger partial charge in [0.15, 0.2) is 0 Å². The first-order valence-electron chi connectivity index (χ1n) is 7.51. The van der Waals surface area contributed by atoms with Crippen molar-refractivity contribution in [2.24, 2.45) is 0 Å². The number of nitrogens with zero attached hydrogens (tertiary/aromatic N) is 2. The maximum atomic E-state index is 11.9. The molecular formula is C15H21N3O3S2. The van der Waals surface area contributed by atoms with Crippen LogP contribution < -0.4 is 5.32 Å². The quantitative estimate of drug-likeness (QED) is 0.751. The number of ether oxygens (including phenoxy) is 1. The Kier molecular flexibility index (Phi) is 7.70. The molecule has 1 fully saturated rings. The number of aromatic nitrogens is 1. The Morgan fingerprint density at radius 2 is 2.09 bits per heavy atom. The van der Waals surface area contributed by atoms with Crippen molar-refractivity contribution in [2.75, 3.05) is 48.9 Å². The van der Waals surface area contributed by atoms with Gasteiger partial charge in [-0.15, -0.1) is 23.5 Å². The molecule has 0 atom stereocenters. The van der Waals surface area contributed by atoms with Crippen LogP contribution in [0.25, 0.3) is 0 Å². The van der Waals surface area contributed by atoms with Gasteiger partial charge in [-0.3, -0.25) is 9.59 Å². The van der Waals surface area contributed by atoms with Gasteiger partial charge in [-0.2, -0.15) is 0 Å². The number of anilines is 1. The first-order valence-corrected chi connectivity index (χ1v) is 9.65. The zero-order valence-corrected chi connectivity index (χ0v) is 14.8. The van der Waals surface area contributed by atoms with Crippen LogP contribution in [0.5, 0.6) is 0 Å². The standard InChI is InChI=1S/C15H21N3O3S2/c1-2-23-14-4-3-12(9-16-14)17-13(19)10-22-11-15(20)18-5-7-21-8-6-18/h3-4,9H,2,5-8,10-11H2,1H3,(H,17,19). The van der Waals surface area contributed by atoms with E-state index in [-0.39, 0.29) is 17.6 Å². The van der Waals surface area contributed by atoms with E-state index >= 15 is 0 Å². The predicted octanol–water partition coefficient (Wildman–Crippen LogP) is 1.72. The second-order valence-electron chi connectivity index (χ2n) is 4.85. The van der Waals surface area contributed by atoms with Crippen LogP contribution >= 0.6 is 23.5 Å². The summed E-state index contributed by atoms with van der Waals surface area (Å²) in [5, 5.41) is 3.73. The van der Waals surface area contributed by atoms with Crippen molar-refractivity contribution in [1.82, 2.24) is 9.88 Å². The van der Waals surface area contributed by atoms with Crippen molar-refractivity contribution in [3.63, 3.8) is 0 Å². The summed E-state index contributed by atoms with van der Waals surface area (Å²) < 4.78 is 5.21. The maximum absolute atomic E-state index is 11.9. The minimum Gasteiger partial charge on any atom is -0.378 e. The molecule has 23 heavy (non-hydrogen) atoms. The molecule has 1 saturated heterocycles. The number of nitrogens with one attached hydrogen (secondary N) is 1. The topological polar surface area (TPSA) is 71.5 Å². The highest BCUT2D eigenvalue weighted by Crippen LogP contribution is 2.16. The van der Waals surface area contributed by atoms with Gasteiger partial charge in [0.1, 0.15) is 0 Å². The summed E-state index contributed by atoms with van der Waals surface area (Å²) in [6, 6.07) is 3.73. The van der Waals surface area contributed by atoms with Gasteiger partial charge in [-0.1, -0.05) is 6.92 Å². The van der Waals surface area contributed by atoms with E-state index in [0.29, 0.717) is 37.7 Å². The third-order valence-corrected chi connectivity index (χ3v) is 4.88. The summed E-state index contributed by atoms with van der Waals surface area (Å²) in [4.78, 5) is 29.9. The van der Waals surface area contributed by atoms with E-state index in [4.69, 9.17) is 4.74 Å². The smallest absolute Gasteiger partial charge is 0.234 e. The second kappa shape index (κ2) is 9.79. The molecule has 8 heteroatoms. The lowest BCUT2D eigenvalue weighted by Gasteiger charge is -2.26. The third-order valence-electron chi connectivity index (χ3n) is 3.13. The number of hydrogen-bond acceptors (Lipinski definition) is 6. The van der Waals surface area contributed by atoms with E-state index in [0.717, 1.165) is 10.8 Å². The van der Waals surface area contributed by atoms with Crippen LogP contribution in [0.1, 0.15) is 6.92 Å². The lowest BCUT2D eigenvalue weighted by molar-refractivity contribution is -0.132. The van der Waals surface area contributed by atoms with E-state index < -0.39 is 0 Å². The van der Waals surface area contributed by atoms with Crippen molar-refractivity contribution in [2.45, 2.75) is 11.9 Å². The van der Waals surface area contributed by atoms with Gasteiger partial charge in [0.05, 0.1) is 41.6 Å². The molecule has 2 heterocycles. The Balaban J connectivity index is 1.67. The number of thioether (sulfide) groups is 2. The van der Waals surface area contributed by atoms with Crippen LogP contribution in [0, 0.1) is 0 Å². The molecule has 0 aliphatic carbocycles. The number of amides is 2. The summed E-state index contributed by atoms with van der Waals surface area (Å²) in [6.45, 7) is 4.53. The molecule has 1 N–H and O–H groups in total. The molecule has 0 saturated carbocycles. The molecular weight excluding hydrogens is 334 g/mol. The maximum Gasteiger partial charge on any atom is 0.234 e. The average Bonchev–Trinajstić information content (AvgIpc) is 2.57. The first-order chi connectivity index (χ1) is 11.2. The summed E-state index contributed by atoms with van der Waals surface area (Å²) in [5.74, 6) is 1.47. The van der Waals surface area contributed by atoms with E-state index in [1.807, 2.05) is 12.1 Å². The van der Waals surface area contributed by atoms with Gasteiger partial charge in [0.2, 0.25) is 11.8 Å². The fraction of sp³-hybridized carbons (Fsp3) is 0.533. The fourth-order valence-corrected chi connectivity index (χ4v) is 3.32. The van der Waals surface area contributed by atoms with Crippen LogP contribution in [0.2, 0.25) is 0 Å². The Bertz CT molecular complexity index is 519. The molecule has 0 radical (unpaired) electrons. The largest absolute Gasteiger partial charge is 0.378 e. The minimum atomic E-state index is -0.123. The highest BCUT2D eigenvalue weighted by atomic mass is 32.2. The molecule has 0 bridgehead atoms. The monoisotopic (exact) mass is 355 g/mol. The fourth-order valence-electron chi connectivity index (χ4n) is 2.02. The normalized spacial score (nSPS) is 14.6. The SMILES string of the molecule is CCSc1ccc(NC(=O)CSCC(=O)N2CCOCC2)cn1. The number of carbonyl (C=O) groups is 2. The van der Waals surface area contributed by atoms with Gasteiger partial charge >= 0.3 is 0 Å². The number of hydrogen-bond donors (Lipinski definition) is 1. The number of rotatable bonds is 7. The van der Waals surface area contributed by atoms with Crippen molar-refractivity contribution < 1.29 is 14.3 Å². The second-order valence-corrected chi connectivity index (χ2v) is 7.12. The Morgan fingerprint density at radius 3 is 2.74 bits per heavy atom. The van der Waals surface area contributed by atoms with Crippen molar-refractivity contribution in [3.05, 3.63) is 18.3 Å². The van der Waals surface area contributed by atoms with Crippen LogP contribution in [0.3, 0.4) is 0 Å². The van der Waals surface area contributed by atoms with Gasteiger partial charge in [0, 0.05) is 13.1 Å². The predicted molar refractivity (Wildman–Crippen MR) is 94.0 cm³/mol. The molecule has 0 aromatic carbocycles. The van der Waals surface area contributed by atoms with E-state index in [1.54, 1.807) is 22.9 Å². The zero-order valence-electron chi connectivity index (χ0n) is 13.1. The van der Waals surface area contributed by atoms with E-state index in [1.165, 1.54) is 11.8 Å². The average molecular weight is 355 g/mol. The molecule has 0 spiro atoms. The molecule has 2 amide bonds. The molecule has 1 aliphatic heterocycles. The Morgan fingerprint density at radius 1 is 1.30 bits per heavy atom. The summed E-state index contributed by atoms with van der Waals surface area (Å²) >= 11 is 2.98. The van der Waals surface area contributed by atoms with E-state index in [2.05, 4.69) is 17.2 Å². The minimum absolute atomic E-state index is 0.0636. The Labute approximate surface area is 144 Å².